The van der Waals surface area contributed by atoms with Gasteiger partial charge in [0, 0.05) is 16.3 Å². The number of rotatable bonds is 9. The standard InChI is InChI=1S/C24H23ClN2O2S/c1-18-6-2-3-8-21(18)16-30-17-24(28)27-26-14-19-10-12-22(13-11-19)29-15-20-7-4-5-9-23(20)25/h2-14H,15-17H2,1H3,(H,27,28)/b26-14-. The third-order valence-electron chi connectivity index (χ3n) is 4.39. The molecule has 30 heavy (non-hydrogen) atoms. The maximum atomic E-state index is 11.9. The Kier molecular flexibility index (Phi) is 8.36. The zero-order valence-corrected chi connectivity index (χ0v) is 18.2. The van der Waals surface area contributed by atoms with Gasteiger partial charge in [-0.15, -0.1) is 11.8 Å². The van der Waals surface area contributed by atoms with E-state index in [0.29, 0.717) is 17.4 Å². The van der Waals surface area contributed by atoms with Crippen LogP contribution in [0.25, 0.3) is 0 Å². The second kappa shape index (κ2) is 11.4. The summed E-state index contributed by atoms with van der Waals surface area (Å²) in [4.78, 5) is 11.9. The van der Waals surface area contributed by atoms with Gasteiger partial charge in [0.25, 0.3) is 0 Å². The van der Waals surface area contributed by atoms with E-state index in [1.165, 1.54) is 11.1 Å². The molecule has 0 aliphatic heterocycles. The molecule has 6 heteroatoms. The number of nitrogens with one attached hydrogen (secondary N) is 1. The van der Waals surface area contributed by atoms with Crippen molar-refractivity contribution >= 4 is 35.5 Å². The van der Waals surface area contributed by atoms with Gasteiger partial charge in [-0.3, -0.25) is 4.79 Å². The van der Waals surface area contributed by atoms with E-state index in [-0.39, 0.29) is 5.91 Å². The first kappa shape index (κ1) is 21.9. The quantitative estimate of drug-likeness (QED) is 0.349. The summed E-state index contributed by atoms with van der Waals surface area (Å²) in [6.45, 7) is 2.48. The van der Waals surface area contributed by atoms with Gasteiger partial charge in [-0.2, -0.15) is 5.10 Å². The van der Waals surface area contributed by atoms with Crippen LogP contribution < -0.4 is 10.2 Å². The van der Waals surface area contributed by atoms with E-state index in [1.54, 1.807) is 18.0 Å². The van der Waals surface area contributed by atoms with Crippen molar-refractivity contribution in [2.75, 3.05) is 5.75 Å². The molecule has 0 saturated heterocycles. The number of benzene rings is 3. The highest BCUT2D eigenvalue weighted by Gasteiger charge is 2.03. The minimum absolute atomic E-state index is 0.121. The molecule has 0 bridgehead atoms. The Labute approximate surface area is 186 Å². The Morgan fingerprint density at radius 3 is 2.47 bits per heavy atom. The summed E-state index contributed by atoms with van der Waals surface area (Å²) in [5, 5.41) is 4.71. The zero-order chi connectivity index (χ0) is 21.2. The van der Waals surface area contributed by atoms with E-state index in [1.807, 2.05) is 60.7 Å². The Morgan fingerprint density at radius 2 is 1.73 bits per heavy atom. The van der Waals surface area contributed by atoms with Crippen molar-refractivity contribution in [1.29, 1.82) is 0 Å². The Hall–Kier alpha value is -2.76. The molecule has 0 unspecified atom stereocenters. The molecule has 1 N–H and O–H groups in total. The molecule has 0 aliphatic rings. The normalized spacial score (nSPS) is 10.9. The molecule has 0 saturated carbocycles. The average molecular weight is 439 g/mol. The van der Waals surface area contributed by atoms with Gasteiger partial charge in [-0.25, -0.2) is 5.43 Å². The highest BCUT2D eigenvalue weighted by molar-refractivity contribution is 7.99. The number of carbonyl (C=O) groups is 1. The minimum atomic E-state index is -0.121. The van der Waals surface area contributed by atoms with Crippen molar-refractivity contribution in [3.63, 3.8) is 0 Å². The molecule has 0 radical (unpaired) electrons. The molecule has 3 aromatic carbocycles. The van der Waals surface area contributed by atoms with Crippen LogP contribution in [-0.4, -0.2) is 17.9 Å². The van der Waals surface area contributed by atoms with Crippen LogP contribution in [0.4, 0.5) is 0 Å². The van der Waals surface area contributed by atoms with Gasteiger partial charge >= 0.3 is 0 Å². The lowest BCUT2D eigenvalue weighted by Crippen LogP contribution is -2.19. The van der Waals surface area contributed by atoms with Crippen LogP contribution in [0, 0.1) is 6.92 Å². The van der Waals surface area contributed by atoms with E-state index >= 15 is 0 Å². The number of thioether (sulfide) groups is 1. The van der Waals surface area contributed by atoms with Crippen LogP contribution >= 0.6 is 23.4 Å². The van der Waals surface area contributed by atoms with Crippen molar-refractivity contribution in [1.82, 2.24) is 5.43 Å². The summed E-state index contributed by atoms with van der Waals surface area (Å²) in [5.74, 6) is 1.79. The van der Waals surface area contributed by atoms with Crippen molar-refractivity contribution in [2.45, 2.75) is 19.3 Å². The van der Waals surface area contributed by atoms with E-state index < -0.39 is 0 Å². The summed E-state index contributed by atoms with van der Waals surface area (Å²) in [6.07, 6.45) is 1.61. The van der Waals surface area contributed by atoms with Gasteiger partial charge in [-0.1, -0.05) is 54.1 Å². The summed E-state index contributed by atoms with van der Waals surface area (Å²) >= 11 is 7.70. The molecule has 0 spiro atoms. The number of halogens is 1. The van der Waals surface area contributed by atoms with Gasteiger partial charge in [0.1, 0.15) is 12.4 Å². The highest BCUT2D eigenvalue weighted by Crippen LogP contribution is 2.19. The first-order chi connectivity index (χ1) is 14.6. The minimum Gasteiger partial charge on any atom is -0.489 e. The number of hydrogen-bond donors (Lipinski definition) is 1. The molecule has 1 amide bonds. The van der Waals surface area contributed by atoms with Gasteiger partial charge < -0.3 is 4.74 Å². The fourth-order valence-corrected chi connectivity index (χ4v) is 3.75. The number of amides is 1. The van der Waals surface area contributed by atoms with E-state index in [0.717, 1.165) is 22.6 Å². The zero-order valence-electron chi connectivity index (χ0n) is 16.7. The van der Waals surface area contributed by atoms with Crippen LogP contribution in [0.1, 0.15) is 22.3 Å². The Morgan fingerprint density at radius 1 is 1.03 bits per heavy atom. The van der Waals surface area contributed by atoms with Gasteiger partial charge in [0.05, 0.1) is 12.0 Å². The van der Waals surface area contributed by atoms with E-state index in [4.69, 9.17) is 16.3 Å². The van der Waals surface area contributed by atoms with Crippen molar-refractivity contribution in [3.8, 4) is 5.75 Å². The Bertz CT molecular complexity index is 1010. The van der Waals surface area contributed by atoms with E-state index in [9.17, 15) is 4.79 Å². The number of hydrogen-bond acceptors (Lipinski definition) is 4. The lowest BCUT2D eigenvalue weighted by molar-refractivity contribution is -0.118. The SMILES string of the molecule is Cc1ccccc1CSCC(=O)N/N=C\c1ccc(OCc2ccccc2Cl)cc1. The summed E-state index contributed by atoms with van der Waals surface area (Å²) in [7, 11) is 0. The maximum Gasteiger partial charge on any atom is 0.250 e. The third kappa shape index (κ3) is 6.94. The molecule has 0 atom stereocenters. The first-order valence-electron chi connectivity index (χ1n) is 9.52. The lowest BCUT2D eigenvalue weighted by Gasteiger charge is -2.07. The van der Waals surface area contributed by atoms with Crippen molar-refractivity contribution in [3.05, 3.63) is 100 Å². The van der Waals surface area contributed by atoms with Crippen LogP contribution in [0.2, 0.25) is 5.02 Å². The van der Waals surface area contributed by atoms with Crippen LogP contribution in [0.3, 0.4) is 0 Å². The molecular formula is C24H23ClN2O2S. The van der Waals surface area contributed by atoms with E-state index in [2.05, 4.69) is 29.6 Å². The fourth-order valence-electron chi connectivity index (χ4n) is 2.66. The molecule has 3 rings (SSSR count). The molecule has 0 aromatic heterocycles. The predicted molar refractivity (Wildman–Crippen MR) is 125 cm³/mol. The highest BCUT2D eigenvalue weighted by atomic mass is 35.5. The molecule has 154 valence electrons. The molecule has 3 aromatic rings. The summed E-state index contributed by atoms with van der Waals surface area (Å²) in [5.41, 5.74) is 6.85. The largest absolute Gasteiger partial charge is 0.489 e. The maximum absolute atomic E-state index is 11.9. The van der Waals surface area contributed by atoms with Crippen molar-refractivity contribution in [2.24, 2.45) is 5.10 Å². The second-order valence-electron chi connectivity index (χ2n) is 6.66. The summed E-state index contributed by atoms with van der Waals surface area (Å²) < 4.78 is 5.76. The molecule has 0 aliphatic carbocycles. The van der Waals surface area contributed by atoms with Crippen LogP contribution in [-0.2, 0) is 17.2 Å². The average Bonchev–Trinajstić information content (AvgIpc) is 2.75. The fraction of sp³-hybridized carbons (Fsp3) is 0.167. The third-order valence-corrected chi connectivity index (χ3v) is 5.74. The molecular weight excluding hydrogens is 416 g/mol. The number of ether oxygens (including phenoxy) is 1. The number of nitrogens with zero attached hydrogens (tertiary/aromatic N) is 1. The van der Waals surface area contributed by atoms with Crippen LogP contribution in [0.5, 0.6) is 5.75 Å². The van der Waals surface area contributed by atoms with Gasteiger partial charge in [-0.05, 0) is 53.9 Å². The Balaban J connectivity index is 1.40. The number of aryl methyl sites for hydroxylation is 1. The second-order valence-corrected chi connectivity index (χ2v) is 8.05. The number of hydrazone groups is 1. The van der Waals surface area contributed by atoms with Gasteiger partial charge in [0.15, 0.2) is 0 Å². The lowest BCUT2D eigenvalue weighted by atomic mass is 10.1. The molecule has 4 nitrogen and oxygen atoms in total. The molecule has 0 fully saturated rings. The topological polar surface area (TPSA) is 50.7 Å². The predicted octanol–water partition coefficient (Wildman–Crippen LogP) is 5.61. The monoisotopic (exact) mass is 438 g/mol. The smallest absolute Gasteiger partial charge is 0.250 e. The van der Waals surface area contributed by atoms with Crippen molar-refractivity contribution < 1.29 is 9.53 Å². The summed E-state index contributed by atoms with van der Waals surface area (Å²) in [6, 6.07) is 23.3. The number of carbonyl (C=O) groups excluding carboxylic acids is 1. The molecule has 0 heterocycles. The van der Waals surface area contributed by atoms with Gasteiger partial charge in [0.2, 0.25) is 5.91 Å². The first-order valence-corrected chi connectivity index (χ1v) is 11.1. The van der Waals surface area contributed by atoms with Crippen LogP contribution in [0.15, 0.2) is 77.9 Å².